The molecule has 0 bridgehead atoms. The van der Waals surface area contributed by atoms with Gasteiger partial charge in [0.2, 0.25) is 0 Å². The van der Waals surface area contributed by atoms with E-state index in [2.05, 4.69) is 5.32 Å². The zero-order valence-corrected chi connectivity index (χ0v) is 11.0. The molecule has 0 heterocycles. The maximum absolute atomic E-state index is 11.4. The Morgan fingerprint density at radius 1 is 1.53 bits per heavy atom. The smallest absolute Gasteiger partial charge is 0.311 e. The Hall–Kier alpha value is -1.86. The molecule has 1 aromatic rings. The van der Waals surface area contributed by atoms with Crippen molar-refractivity contribution in [2.24, 2.45) is 0 Å². The minimum atomic E-state index is -0.603. The van der Waals surface area contributed by atoms with Crippen molar-refractivity contribution in [3.8, 4) is 5.75 Å². The zero-order chi connectivity index (χ0) is 14.3. The molecule has 19 heavy (non-hydrogen) atoms. The monoisotopic (exact) mass is 288 g/mol. The third-order valence-electron chi connectivity index (χ3n) is 2.11. The number of benzene rings is 1. The lowest BCUT2D eigenvalue weighted by atomic mass is 10.3. The van der Waals surface area contributed by atoms with Crippen molar-refractivity contribution < 1.29 is 19.2 Å². The molecule has 0 aliphatic rings. The lowest BCUT2D eigenvalue weighted by molar-refractivity contribution is -0.385. The van der Waals surface area contributed by atoms with Crippen LogP contribution in [0.1, 0.15) is 0 Å². The summed E-state index contributed by atoms with van der Waals surface area (Å²) in [6.07, 6.45) is 0. The molecule has 0 fully saturated rings. The fraction of sp³-hybridized carbons (Fsp3) is 0.364. The van der Waals surface area contributed by atoms with E-state index in [9.17, 15) is 14.9 Å². The van der Waals surface area contributed by atoms with Crippen LogP contribution in [-0.4, -0.2) is 37.7 Å². The van der Waals surface area contributed by atoms with E-state index in [1.165, 1.54) is 25.3 Å². The average molecular weight is 289 g/mol. The largest absolute Gasteiger partial charge is 0.477 e. The number of methoxy groups -OCH3 is 1. The van der Waals surface area contributed by atoms with Crippen LogP contribution in [0, 0.1) is 10.1 Å². The number of rotatable bonds is 7. The second kappa shape index (κ2) is 7.55. The fourth-order valence-electron chi connectivity index (χ4n) is 1.24. The van der Waals surface area contributed by atoms with Gasteiger partial charge in [0, 0.05) is 30.8 Å². The van der Waals surface area contributed by atoms with Crippen molar-refractivity contribution in [1.82, 2.24) is 5.32 Å². The summed E-state index contributed by atoms with van der Waals surface area (Å²) in [5, 5.41) is 13.6. The molecular weight excluding hydrogens is 276 g/mol. The van der Waals surface area contributed by atoms with E-state index < -0.39 is 10.8 Å². The van der Waals surface area contributed by atoms with Crippen LogP contribution in [0.3, 0.4) is 0 Å². The Bertz CT molecular complexity index is 466. The predicted molar refractivity (Wildman–Crippen MR) is 68.5 cm³/mol. The predicted octanol–water partition coefficient (Wildman–Crippen LogP) is 1.39. The minimum Gasteiger partial charge on any atom is -0.477 e. The molecular formula is C11H13ClN2O5. The number of nitrogens with zero attached hydrogens (tertiary/aromatic N) is 1. The minimum absolute atomic E-state index is 0.0422. The van der Waals surface area contributed by atoms with Crippen LogP contribution >= 0.6 is 11.6 Å². The van der Waals surface area contributed by atoms with Crippen molar-refractivity contribution in [3.05, 3.63) is 33.3 Å². The highest BCUT2D eigenvalue weighted by molar-refractivity contribution is 6.30. The molecule has 0 spiro atoms. The number of amides is 1. The van der Waals surface area contributed by atoms with Gasteiger partial charge in [-0.3, -0.25) is 14.9 Å². The van der Waals surface area contributed by atoms with E-state index in [1.807, 2.05) is 0 Å². The van der Waals surface area contributed by atoms with Crippen LogP contribution < -0.4 is 10.1 Å². The summed E-state index contributed by atoms with van der Waals surface area (Å²) in [5.74, 6) is -0.439. The summed E-state index contributed by atoms with van der Waals surface area (Å²) in [4.78, 5) is 21.5. The number of carbonyl (C=O) groups excluding carboxylic acids is 1. The molecule has 7 nitrogen and oxygen atoms in total. The molecule has 0 aliphatic heterocycles. The molecule has 0 saturated carbocycles. The number of hydrogen-bond donors (Lipinski definition) is 1. The molecule has 0 aliphatic carbocycles. The van der Waals surface area contributed by atoms with Crippen LogP contribution in [0.4, 0.5) is 5.69 Å². The van der Waals surface area contributed by atoms with E-state index in [1.54, 1.807) is 0 Å². The molecule has 0 aromatic heterocycles. The SMILES string of the molecule is COCCNC(=O)COc1cc(Cl)ccc1[N+](=O)[O-]. The van der Waals surface area contributed by atoms with Gasteiger partial charge >= 0.3 is 5.69 Å². The number of ether oxygens (including phenoxy) is 2. The van der Waals surface area contributed by atoms with Crippen LogP contribution in [0.5, 0.6) is 5.75 Å². The number of carbonyl (C=O) groups is 1. The Labute approximate surface area is 114 Å². The normalized spacial score (nSPS) is 10.0. The maximum atomic E-state index is 11.4. The Morgan fingerprint density at radius 2 is 2.26 bits per heavy atom. The van der Waals surface area contributed by atoms with Crippen LogP contribution in [0.15, 0.2) is 18.2 Å². The van der Waals surface area contributed by atoms with Gasteiger partial charge in [0.1, 0.15) is 0 Å². The molecule has 104 valence electrons. The molecule has 0 atom stereocenters. The number of nitro benzene ring substituents is 1. The van der Waals surface area contributed by atoms with Gasteiger partial charge in [-0.25, -0.2) is 0 Å². The number of hydrogen-bond acceptors (Lipinski definition) is 5. The Kier molecular flexibility index (Phi) is 6.04. The van der Waals surface area contributed by atoms with Gasteiger partial charge in [0.05, 0.1) is 11.5 Å². The van der Waals surface area contributed by atoms with E-state index in [4.69, 9.17) is 21.1 Å². The first-order valence-corrected chi connectivity index (χ1v) is 5.74. The maximum Gasteiger partial charge on any atom is 0.311 e. The van der Waals surface area contributed by atoms with E-state index in [-0.39, 0.29) is 18.0 Å². The third kappa shape index (κ3) is 5.11. The van der Waals surface area contributed by atoms with Gasteiger partial charge < -0.3 is 14.8 Å². The second-order valence-corrected chi connectivity index (χ2v) is 3.94. The van der Waals surface area contributed by atoms with Crippen molar-refractivity contribution >= 4 is 23.2 Å². The van der Waals surface area contributed by atoms with Gasteiger partial charge in [-0.05, 0) is 6.07 Å². The molecule has 1 N–H and O–H groups in total. The first-order valence-electron chi connectivity index (χ1n) is 5.37. The average Bonchev–Trinajstić information content (AvgIpc) is 2.36. The fourth-order valence-corrected chi connectivity index (χ4v) is 1.40. The Balaban J connectivity index is 2.59. The second-order valence-electron chi connectivity index (χ2n) is 3.50. The first kappa shape index (κ1) is 15.2. The van der Waals surface area contributed by atoms with E-state index in [0.29, 0.717) is 18.2 Å². The van der Waals surface area contributed by atoms with Crippen molar-refractivity contribution in [2.45, 2.75) is 0 Å². The van der Waals surface area contributed by atoms with Gasteiger partial charge in [-0.1, -0.05) is 11.6 Å². The quantitative estimate of drug-likeness (QED) is 0.465. The lowest BCUT2D eigenvalue weighted by Gasteiger charge is -2.07. The van der Waals surface area contributed by atoms with E-state index in [0.717, 1.165) is 0 Å². The molecule has 0 saturated heterocycles. The number of halogens is 1. The van der Waals surface area contributed by atoms with Crippen LogP contribution in [0.25, 0.3) is 0 Å². The first-order chi connectivity index (χ1) is 9.04. The summed E-state index contributed by atoms with van der Waals surface area (Å²) in [7, 11) is 1.51. The highest BCUT2D eigenvalue weighted by Crippen LogP contribution is 2.29. The highest BCUT2D eigenvalue weighted by atomic mass is 35.5. The highest BCUT2D eigenvalue weighted by Gasteiger charge is 2.16. The summed E-state index contributed by atoms with van der Waals surface area (Å²) in [6, 6.07) is 3.90. The topological polar surface area (TPSA) is 90.7 Å². The summed E-state index contributed by atoms with van der Waals surface area (Å²) < 4.78 is 9.85. The number of nitrogens with one attached hydrogen (secondary N) is 1. The zero-order valence-electron chi connectivity index (χ0n) is 10.2. The van der Waals surface area contributed by atoms with Gasteiger partial charge in [-0.15, -0.1) is 0 Å². The van der Waals surface area contributed by atoms with Crippen LogP contribution in [-0.2, 0) is 9.53 Å². The standard InChI is InChI=1S/C11H13ClN2O5/c1-18-5-4-13-11(15)7-19-10-6-8(12)2-3-9(10)14(16)17/h2-3,6H,4-5,7H2,1H3,(H,13,15). The summed E-state index contributed by atoms with van der Waals surface area (Å²) in [6.45, 7) is 0.393. The molecule has 0 radical (unpaired) electrons. The molecule has 1 aromatic carbocycles. The Morgan fingerprint density at radius 3 is 2.89 bits per heavy atom. The number of nitro groups is 1. The molecule has 1 amide bonds. The van der Waals surface area contributed by atoms with Crippen molar-refractivity contribution in [2.75, 3.05) is 26.9 Å². The van der Waals surface area contributed by atoms with Gasteiger partial charge in [0.25, 0.3) is 5.91 Å². The summed E-state index contributed by atoms with van der Waals surface area (Å²) >= 11 is 5.72. The van der Waals surface area contributed by atoms with Gasteiger partial charge in [-0.2, -0.15) is 0 Å². The van der Waals surface area contributed by atoms with E-state index >= 15 is 0 Å². The molecule has 0 unspecified atom stereocenters. The third-order valence-corrected chi connectivity index (χ3v) is 2.34. The van der Waals surface area contributed by atoms with Crippen LogP contribution in [0.2, 0.25) is 5.02 Å². The van der Waals surface area contributed by atoms with Gasteiger partial charge in [0.15, 0.2) is 12.4 Å². The molecule has 1 rings (SSSR count). The van der Waals surface area contributed by atoms with Crippen molar-refractivity contribution in [3.63, 3.8) is 0 Å². The lowest BCUT2D eigenvalue weighted by Crippen LogP contribution is -2.31. The van der Waals surface area contributed by atoms with Crippen molar-refractivity contribution in [1.29, 1.82) is 0 Å². The molecule has 8 heteroatoms. The summed E-state index contributed by atoms with van der Waals surface area (Å²) in [5.41, 5.74) is -0.242.